The van der Waals surface area contributed by atoms with E-state index in [1.54, 1.807) is 18.5 Å². The summed E-state index contributed by atoms with van der Waals surface area (Å²) in [4.78, 5) is 47.7. The second kappa shape index (κ2) is 9.36. The number of nitrogens with one attached hydrogen (secondary N) is 2. The van der Waals surface area contributed by atoms with Crippen LogP contribution in [0, 0.1) is 11.8 Å². The summed E-state index contributed by atoms with van der Waals surface area (Å²) in [6, 6.07) is 2.90. The number of imidazole rings is 1. The largest absolute Gasteiger partial charge is 0.478 e. The molecular weight excluding hydrogens is 452 g/mol. The molecule has 1 fully saturated rings. The molecule has 1 saturated heterocycles. The molecular formula is C23H28N8O4. The number of anilines is 1. The summed E-state index contributed by atoms with van der Waals surface area (Å²) >= 11 is 0. The number of hydrogen-bond acceptors (Lipinski definition) is 8. The predicted octanol–water partition coefficient (Wildman–Crippen LogP) is -0.359. The van der Waals surface area contributed by atoms with Crippen molar-refractivity contribution in [3.63, 3.8) is 0 Å². The lowest BCUT2D eigenvalue weighted by atomic mass is 9.90. The number of pyridine rings is 1. The van der Waals surface area contributed by atoms with Crippen LogP contribution in [0.15, 0.2) is 21.7 Å². The monoisotopic (exact) mass is 480 g/mol. The van der Waals surface area contributed by atoms with E-state index in [2.05, 4.69) is 32.4 Å². The zero-order valence-electron chi connectivity index (χ0n) is 19.9. The number of rotatable bonds is 6. The third-order valence-corrected chi connectivity index (χ3v) is 6.28. The fourth-order valence-electron chi connectivity index (χ4n) is 4.43. The van der Waals surface area contributed by atoms with Crippen LogP contribution in [-0.4, -0.2) is 54.9 Å². The first-order chi connectivity index (χ1) is 16.7. The Balaban J connectivity index is 1.98. The summed E-state index contributed by atoms with van der Waals surface area (Å²) in [5.41, 5.74) is 5.01. The molecule has 0 saturated carbocycles. The van der Waals surface area contributed by atoms with E-state index in [9.17, 15) is 19.5 Å². The Morgan fingerprint density at radius 2 is 2.09 bits per heavy atom. The van der Waals surface area contributed by atoms with Crippen LogP contribution in [0.4, 0.5) is 5.82 Å². The molecule has 0 unspecified atom stereocenters. The Bertz CT molecular complexity index is 1480. The van der Waals surface area contributed by atoms with Crippen molar-refractivity contribution in [1.29, 1.82) is 0 Å². The Kier molecular flexibility index (Phi) is 6.47. The van der Waals surface area contributed by atoms with Gasteiger partial charge < -0.3 is 26.0 Å². The van der Waals surface area contributed by atoms with Gasteiger partial charge in [-0.05, 0) is 38.4 Å². The Labute approximate surface area is 200 Å². The van der Waals surface area contributed by atoms with Gasteiger partial charge in [-0.3, -0.25) is 13.9 Å². The first-order valence-electron chi connectivity index (χ1n) is 11.2. The summed E-state index contributed by atoms with van der Waals surface area (Å²) < 4.78 is 3.92. The number of hydrogen-bond donors (Lipinski definition) is 4. The standard InChI is InChI=1S/C23H28N8O4/c1-4-5-11-30-17-18(28-21(30)23(24)9-6-10-26-13-23)29(3)22(35)31(19(17)32)12-15-14(20(33)34)7-8-16(25-2)27-15/h7-8,26H,6,9-13,24H2,1-3H3,(H,25,27)(H,33,34)/t23-/m1/s1. The zero-order valence-corrected chi connectivity index (χ0v) is 19.9. The van der Waals surface area contributed by atoms with Gasteiger partial charge in [-0.2, -0.15) is 0 Å². The van der Waals surface area contributed by atoms with Gasteiger partial charge in [-0.1, -0.05) is 5.92 Å². The van der Waals surface area contributed by atoms with Crippen molar-refractivity contribution >= 4 is 23.0 Å². The van der Waals surface area contributed by atoms with E-state index in [1.807, 2.05) is 0 Å². The molecule has 1 aliphatic rings. The molecule has 0 aliphatic carbocycles. The molecule has 12 heteroatoms. The maximum Gasteiger partial charge on any atom is 0.337 e. The van der Waals surface area contributed by atoms with E-state index in [-0.39, 0.29) is 35.5 Å². The van der Waals surface area contributed by atoms with Gasteiger partial charge in [0, 0.05) is 20.6 Å². The number of aromatic carboxylic acids is 1. The van der Waals surface area contributed by atoms with Crippen molar-refractivity contribution < 1.29 is 9.90 Å². The van der Waals surface area contributed by atoms with Crippen LogP contribution in [-0.2, 0) is 25.7 Å². The van der Waals surface area contributed by atoms with Gasteiger partial charge in [0.2, 0.25) is 0 Å². The van der Waals surface area contributed by atoms with Crippen molar-refractivity contribution in [2.45, 2.75) is 38.4 Å². The fraction of sp³-hybridized carbons (Fsp3) is 0.435. The van der Waals surface area contributed by atoms with E-state index in [4.69, 9.17) is 5.73 Å². The van der Waals surface area contributed by atoms with Crippen molar-refractivity contribution in [3.05, 3.63) is 50.1 Å². The average Bonchev–Trinajstić information content (AvgIpc) is 3.25. The fourth-order valence-corrected chi connectivity index (χ4v) is 4.43. The van der Waals surface area contributed by atoms with Gasteiger partial charge in [-0.25, -0.2) is 19.6 Å². The lowest BCUT2D eigenvalue weighted by Crippen LogP contribution is -2.51. The van der Waals surface area contributed by atoms with Gasteiger partial charge in [-0.15, -0.1) is 5.92 Å². The number of carboxylic acids is 1. The highest BCUT2D eigenvalue weighted by molar-refractivity contribution is 5.89. The summed E-state index contributed by atoms with van der Waals surface area (Å²) in [5.74, 6) is 5.49. The van der Waals surface area contributed by atoms with Gasteiger partial charge in [0.1, 0.15) is 11.6 Å². The van der Waals surface area contributed by atoms with Gasteiger partial charge in [0.15, 0.2) is 11.2 Å². The van der Waals surface area contributed by atoms with E-state index >= 15 is 0 Å². The number of fused-ring (bicyclic) bond motifs is 1. The van der Waals surface area contributed by atoms with E-state index in [0.29, 0.717) is 24.6 Å². The molecule has 5 N–H and O–H groups in total. The average molecular weight is 481 g/mol. The Hall–Kier alpha value is -3.95. The molecule has 0 bridgehead atoms. The number of carbonyl (C=O) groups is 1. The number of aromatic nitrogens is 5. The molecule has 0 radical (unpaired) electrons. The maximum absolute atomic E-state index is 13.7. The Morgan fingerprint density at radius 1 is 1.31 bits per heavy atom. The molecule has 0 aromatic carbocycles. The van der Waals surface area contributed by atoms with Crippen LogP contribution in [0.25, 0.3) is 11.2 Å². The smallest absolute Gasteiger partial charge is 0.337 e. The van der Waals surface area contributed by atoms with Crippen molar-refractivity contribution in [2.75, 3.05) is 25.5 Å². The first kappa shape index (κ1) is 24.2. The normalized spacial score (nSPS) is 17.7. The molecule has 0 spiro atoms. The molecule has 184 valence electrons. The minimum Gasteiger partial charge on any atom is -0.478 e. The minimum absolute atomic E-state index is 0.0781. The lowest BCUT2D eigenvalue weighted by molar-refractivity contribution is 0.0695. The van der Waals surface area contributed by atoms with Crippen LogP contribution in [0.5, 0.6) is 0 Å². The molecule has 35 heavy (non-hydrogen) atoms. The first-order valence-corrected chi connectivity index (χ1v) is 11.2. The Morgan fingerprint density at radius 3 is 2.71 bits per heavy atom. The molecule has 4 rings (SSSR count). The van der Waals surface area contributed by atoms with Crippen molar-refractivity contribution in [3.8, 4) is 11.8 Å². The molecule has 0 amide bonds. The topological polar surface area (TPSA) is 162 Å². The number of carboxylic acid groups (broad SMARTS) is 1. The molecule has 3 aromatic heterocycles. The van der Waals surface area contributed by atoms with Crippen LogP contribution in [0.3, 0.4) is 0 Å². The second-order valence-corrected chi connectivity index (χ2v) is 8.54. The van der Waals surface area contributed by atoms with Gasteiger partial charge >= 0.3 is 11.7 Å². The second-order valence-electron chi connectivity index (χ2n) is 8.54. The van der Waals surface area contributed by atoms with E-state index in [1.165, 1.54) is 23.7 Å². The number of piperidine rings is 1. The number of nitrogens with zero attached hydrogens (tertiary/aromatic N) is 5. The van der Waals surface area contributed by atoms with E-state index < -0.39 is 22.8 Å². The highest BCUT2D eigenvalue weighted by atomic mass is 16.4. The molecule has 3 aromatic rings. The molecule has 1 atom stereocenters. The summed E-state index contributed by atoms with van der Waals surface area (Å²) in [5, 5.41) is 15.7. The number of aryl methyl sites for hydroxylation is 1. The molecule has 1 aliphatic heterocycles. The van der Waals surface area contributed by atoms with Crippen LogP contribution < -0.4 is 27.6 Å². The zero-order chi connectivity index (χ0) is 25.3. The van der Waals surface area contributed by atoms with Gasteiger partial charge in [0.05, 0.1) is 29.9 Å². The van der Waals surface area contributed by atoms with Gasteiger partial charge in [0.25, 0.3) is 5.56 Å². The quantitative estimate of drug-likeness (QED) is 0.345. The van der Waals surface area contributed by atoms with Crippen LogP contribution in [0.1, 0.15) is 41.6 Å². The van der Waals surface area contributed by atoms with Crippen LogP contribution in [0.2, 0.25) is 0 Å². The lowest BCUT2D eigenvalue weighted by Gasteiger charge is -2.33. The summed E-state index contributed by atoms with van der Waals surface area (Å²) in [6.07, 6.45) is 1.50. The van der Waals surface area contributed by atoms with Crippen molar-refractivity contribution in [2.24, 2.45) is 12.8 Å². The van der Waals surface area contributed by atoms with Crippen LogP contribution >= 0.6 is 0 Å². The number of nitrogens with two attached hydrogens (primary N) is 1. The highest BCUT2D eigenvalue weighted by Gasteiger charge is 2.36. The summed E-state index contributed by atoms with van der Waals surface area (Å²) in [6.45, 7) is 2.85. The molecule has 12 nitrogen and oxygen atoms in total. The third-order valence-electron chi connectivity index (χ3n) is 6.28. The van der Waals surface area contributed by atoms with E-state index in [0.717, 1.165) is 17.5 Å². The summed E-state index contributed by atoms with van der Waals surface area (Å²) in [7, 11) is 3.16. The SMILES string of the molecule is CC#CCn1c([C@@]2(N)CCCNC2)nc2c1c(=O)n(Cc1nc(NC)ccc1C(=O)O)c(=O)n2C. The highest BCUT2D eigenvalue weighted by Crippen LogP contribution is 2.27. The maximum atomic E-state index is 13.7. The third kappa shape index (κ3) is 4.20. The molecule has 4 heterocycles. The van der Waals surface area contributed by atoms with Crippen molar-refractivity contribution in [1.82, 2.24) is 29.0 Å². The predicted molar refractivity (Wildman–Crippen MR) is 130 cm³/mol. The minimum atomic E-state index is -1.21.